The molecule has 4 nitrogen and oxygen atoms in total. The molecule has 1 aliphatic rings. The second kappa shape index (κ2) is 5.71. The molecule has 0 aliphatic carbocycles. The second-order valence-electron chi connectivity index (χ2n) is 6.82. The first-order valence-corrected chi connectivity index (χ1v) is 8.86. The highest BCUT2D eigenvalue weighted by Crippen LogP contribution is 2.34. The largest absolute Gasteiger partial charge is 0.316 e. The highest BCUT2D eigenvalue weighted by Gasteiger charge is 2.37. The number of sulfonamides is 1. The number of rotatable bonds is 4. The molecule has 118 valence electrons. The lowest BCUT2D eigenvalue weighted by atomic mass is 9.93. The van der Waals surface area contributed by atoms with E-state index in [0.717, 1.165) is 23.1 Å². The van der Waals surface area contributed by atoms with Gasteiger partial charge in [0.1, 0.15) is 0 Å². The van der Waals surface area contributed by atoms with E-state index < -0.39 is 10.0 Å². The first-order chi connectivity index (χ1) is 9.67. The van der Waals surface area contributed by atoms with E-state index in [-0.39, 0.29) is 5.41 Å². The van der Waals surface area contributed by atoms with Crippen LogP contribution >= 0.6 is 0 Å². The molecule has 2 rings (SSSR count). The average molecular weight is 310 g/mol. The van der Waals surface area contributed by atoms with Crippen molar-refractivity contribution in [1.29, 1.82) is 0 Å². The van der Waals surface area contributed by atoms with Gasteiger partial charge in [-0.05, 0) is 55.5 Å². The molecule has 0 aromatic heterocycles. The molecule has 1 aromatic rings. The van der Waals surface area contributed by atoms with Crippen LogP contribution in [0.25, 0.3) is 0 Å². The summed E-state index contributed by atoms with van der Waals surface area (Å²) in [4.78, 5) is 0.463. The predicted octanol–water partition coefficient (Wildman–Crippen LogP) is 2.44. The van der Waals surface area contributed by atoms with Crippen LogP contribution in [0.3, 0.4) is 0 Å². The Morgan fingerprint density at radius 2 is 1.95 bits per heavy atom. The van der Waals surface area contributed by atoms with Gasteiger partial charge in [0.15, 0.2) is 0 Å². The van der Waals surface area contributed by atoms with Crippen molar-refractivity contribution in [2.75, 3.05) is 20.1 Å². The molecule has 0 atom stereocenters. The van der Waals surface area contributed by atoms with E-state index in [1.165, 1.54) is 0 Å². The molecule has 1 aliphatic heterocycles. The van der Waals surface area contributed by atoms with Crippen molar-refractivity contribution in [3.8, 4) is 0 Å². The van der Waals surface area contributed by atoms with Gasteiger partial charge in [-0.2, -0.15) is 4.31 Å². The van der Waals surface area contributed by atoms with E-state index in [1.807, 2.05) is 27.0 Å². The van der Waals surface area contributed by atoms with Crippen LogP contribution in [0.5, 0.6) is 0 Å². The Morgan fingerprint density at radius 1 is 1.29 bits per heavy atom. The molecule has 1 saturated heterocycles. The summed E-state index contributed by atoms with van der Waals surface area (Å²) in [6.07, 6.45) is 0.917. The summed E-state index contributed by atoms with van der Waals surface area (Å²) < 4.78 is 27.6. The number of aryl methyl sites for hydroxylation is 1. The molecule has 0 unspecified atom stereocenters. The van der Waals surface area contributed by atoms with Crippen LogP contribution in [0.15, 0.2) is 17.0 Å². The molecule has 5 heteroatoms. The maximum atomic E-state index is 13.0. The van der Waals surface area contributed by atoms with Gasteiger partial charge in [0, 0.05) is 19.6 Å². The lowest BCUT2D eigenvalue weighted by molar-refractivity contribution is 0.375. The minimum atomic E-state index is -3.40. The zero-order valence-electron chi connectivity index (χ0n) is 13.7. The third kappa shape index (κ3) is 3.30. The molecular weight excluding hydrogens is 284 g/mol. The Bertz CT molecular complexity index is 636. The minimum absolute atomic E-state index is 0.0681. The molecular formula is C16H26N2O2S. The third-order valence-electron chi connectivity index (χ3n) is 4.32. The number of nitrogens with one attached hydrogen (secondary N) is 1. The van der Waals surface area contributed by atoms with Crippen molar-refractivity contribution in [3.63, 3.8) is 0 Å². The number of nitrogens with zero attached hydrogens (tertiary/aromatic N) is 1. The highest BCUT2D eigenvalue weighted by atomic mass is 32.2. The maximum absolute atomic E-state index is 13.0. The minimum Gasteiger partial charge on any atom is -0.316 e. The molecule has 1 fully saturated rings. The van der Waals surface area contributed by atoms with Crippen molar-refractivity contribution in [1.82, 2.24) is 9.62 Å². The lowest BCUT2D eigenvalue weighted by Gasteiger charge is -2.21. The van der Waals surface area contributed by atoms with Crippen molar-refractivity contribution in [2.24, 2.45) is 5.41 Å². The molecule has 1 heterocycles. The molecule has 1 aromatic carbocycles. The van der Waals surface area contributed by atoms with Crippen LogP contribution in [0.2, 0.25) is 0 Å². The van der Waals surface area contributed by atoms with Crippen LogP contribution < -0.4 is 5.32 Å². The van der Waals surface area contributed by atoms with Crippen LogP contribution in [-0.4, -0.2) is 32.9 Å². The molecule has 1 N–H and O–H groups in total. The summed E-state index contributed by atoms with van der Waals surface area (Å²) >= 11 is 0. The topological polar surface area (TPSA) is 49.4 Å². The van der Waals surface area contributed by atoms with Gasteiger partial charge in [0.05, 0.1) is 4.90 Å². The number of hydrogen-bond donors (Lipinski definition) is 1. The Morgan fingerprint density at radius 3 is 2.48 bits per heavy atom. The molecule has 0 radical (unpaired) electrons. The summed E-state index contributed by atoms with van der Waals surface area (Å²) in [6.45, 7) is 10.0. The number of hydrogen-bond acceptors (Lipinski definition) is 3. The monoisotopic (exact) mass is 310 g/mol. The van der Waals surface area contributed by atoms with Crippen molar-refractivity contribution < 1.29 is 8.42 Å². The van der Waals surface area contributed by atoms with Gasteiger partial charge in [-0.15, -0.1) is 0 Å². The molecule has 0 amide bonds. The van der Waals surface area contributed by atoms with Crippen molar-refractivity contribution in [3.05, 3.63) is 28.8 Å². The predicted molar refractivity (Wildman–Crippen MR) is 85.8 cm³/mol. The summed E-state index contributed by atoms with van der Waals surface area (Å²) in [7, 11) is -1.53. The molecule has 0 bridgehead atoms. The smallest absolute Gasteiger partial charge is 0.243 e. The highest BCUT2D eigenvalue weighted by molar-refractivity contribution is 7.89. The Balaban J connectivity index is 2.45. The average Bonchev–Trinajstić information content (AvgIpc) is 2.75. The van der Waals surface area contributed by atoms with Crippen molar-refractivity contribution >= 4 is 10.0 Å². The van der Waals surface area contributed by atoms with Gasteiger partial charge in [0.25, 0.3) is 0 Å². The zero-order chi connectivity index (χ0) is 15.8. The lowest BCUT2D eigenvalue weighted by Crippen LogP contribution is -2.31. The molecule has 0 spiro atoms. The fourth-order valence-electron chi connectivity index (χ4n) is 2.88. The molecule has 0 saturated carbocycles. The van der Waals surface area contributed by atoms with Crippen LogP contribution in [0.1, 0.15) is 37.0 Å². The van der Waals surface area contributed by atoms with E-state index in [2.05, 4.69) is 25.2 Å². The van der Waals surface area contributed by atoms with Gasteiger partial charge in [0.2, 0.25) is 10.0 Å². The number of benzene rings is 1. The summed E-state index contributed by atoms with van der Waals surface area (Å²) in [5.41, 5.74) is 2.97. The van der Waals surface area contributed by atoms with Gasteiger partial charge in [-0.3, -0.25) is 0 Å². The fraction of sp³-hybridized carbons (Fsp3) is 0.625. The summed E-state index contributed by atoms with van der Waals surface area (Å²) in [5, 5.41) is 3.08. The van der Waals surface area contributed by atoms with E-state index in [0.29, 0.717) is 24.5 Å². The van der Waals surface area contributed by atoms with E-state index in [9.17, 15) is 8.42 Å². The van der Waals surface area contributed by atoms with Crippen molar-refractivity contribution in [2.45, 2.75) is 45.6 Å². The van der Waals surface area contributed by atoms with Crippen LogP contribution in [0, 0.1) is 19.3 Å². The standard InChI is InChI=1S/C16H26N2O2S/c1-12-8-14(10-17-5)9-15(13(12)2)21(19,20)18-7-6-16(3,4)11-18/h8-9,17H,6-7,10-11H2,1-5H3. The fourth-order valence-corrected chi connectivity index (χ4v) is 4.86. The van der Waals surface area contributed by atoms with Gasteiger partial charge in [-0.1, -0.05) is 19.9 Å². The quantitative estimate of drug-likeness (QED) is 0.929. The van der Waals surface area contributed by atoms with E-state index in [1.54, 1.807) is 4.31 Å². The van der Waals surface area contributed by atoms with Crippen LogP contribution in [0.4, 0.5) is 0 Å². The van der Waals surface area contributed by atoms with E-state index in [4.69, 9.17) is 0 Å². The van der Waals surface area contributed by atoms with Crippen LogP contribution in [-0.2, 0) is 16.6 Å². The van der Waals surface area contributed by atoms with Gasteiger partial charge >= 0.3 is 0 Å². The van der Waals surface area contributed by atoms with Gasteiger partial charge in [-0.25, -0.2) is 8.42 Å². The summed E-state index contributed by atoms with van der Waals surface area (Å²) in [6, 6.07) is 3.87. The van der Waals surface area contributed by atoms with E-state index >= 15 is 0 Å². The summed E-state index contributed by atoms with van der Waals surface area (Å²) in [5.74, 6) is 0. The third-order valence-corrected chi connectivity index (χ3v) is 6.29. The maximum Gasteiger partial charge on any atom is 0.243 e. The Labute approximate surface area is 128 Å². The normalized spacial score (nSPS) is 19.1. The second-order valence-corrected chi connectivity index (χ2v) is 8.73. The first-order valence-electron chi connectivity index (χ1n) is 7.42. The zero-order valence-corrected chi connectivity index (χ0v) is 14.5. The molecule has 21 heavy (non-hydrogen) atoms. The van der Waals surface area contributed by atoms with Gasteiger partial charge < -0.3 is 5.32 Å². The Hall–Kier alpha value is -0.910. The SMILES string of the molecule is CNCc1cc(C)c(C)c(S(=O)(=O)N2CCC(C)(C)C2)c1. The first kappa shape index (κ1) is 16.5. The Kier molecular flexibility index (Phi) is 4.47.